The van der Waals surface area contributed by atoms with E-state index in [1.54, 1.807) is 12.2 Å². The first kappa shape index (κ1) is 17.5. The van der Waals surface area contributed by atoms with Crippen molar-refractivity contribution in [2.75, 3.05) is 0 Å². The predicted octanol–water partition coefficient (Wildman–Crippen LogP) is 0.627. The number of rotatable bonds is 3. The molecule has 1 fully saturated rings. The number of ketones is 1. The lowest BCUT2D eigenvalue weighted by Crippen LogP contribution is -2.60. The monoisotopic (exact) mass is 368 g/mol. The van der Waals surface area contributed by atoms with Gasteiger partial charge in [-0.2, -0.15) is 14.0 Å². The van der Waals surface area contributed by atoms with Crippen molar-refractivity contribution in [2.24, 2.45) is 5.41 Å². The smallest absolute Gasteiger partial charge is 0.164 e. The van der Waals surface area contributed by atoms with E-state index >= 15 is 0 Å². The van der Waals surface area contributed by atoms with Crippen molar-refractivity contribution in [1.82, 2.24) is 0 Å². The van der Waals surface area contributed by atoms with Crippen molar-refractivity contribution in [3.05, 3.63) is 53.6 Å². The van der Waals surface area contributed by atoms with Gasteiger partial charge in [-0.1, -0.05) is 44.2 Å². The maximum absolute atomic E-state index is 12.4. The molecule has 128 valence electrons. The van der Waals surface area contributed by atoms with Crippen LogP contribution in [0, 0.1) is 15.7 Å². The molecule has 0 bridgehead atoms. The molecule has 3 rings (SSSR count). The van der Waals surface area contributed by atoms with Gasteiger partial charge in [0.2, 0.25) is 0 Å². The van der Waals surface area contributed by atoms with Gasteiger partial charge in [0.05, 0.1) is 15.1 Å². The third-order valence-electron chi connectivity index (χ3n) is 3.90. The molecule has 0 radical (unpaired) electrons. The number of hydrogen-bond acceptors (Lipinski definition) is 5. The van der Waals surface area contributed by atoms with E-state index in [2.05, 4.69) is 0 Å². The number of carbonyl (C=O) groups excluding carboxylic acids is 1. The van der Waals surface area contributed by atoms with E-state index in [-0.39, 0.29) is 11.2 Å². The van der Waals surface area contributed by atoms with Crippen LogP contribution in [0.2, 0.25) is 0 Å². The lowest BCUT2D eigenvalue weighted by Gasteiger charge is -2.33. The molecule has 0 aromatic heterocycles. The molecule has 1 aliphatic heterocycles. The maximum atomic E-state index is 12.4. The van der Waals surface area contributed by atoms with Gasteiger partial charge in [-0.05, 0) is 29.6 Å². The highest BCUT2D eigenvalue weighted by molar-refractivity contribution is 8.20. The molecule has 7 heteroatoms. The van der Waals surface area contributed by atoms with Gasteiger partial charge in [0.1, 0.15) is 14.5 Å². The molecular formula is C17H17ClO5S. The Balaban J connectivity index is 2.17. The molecule has 2 aliphatic rings. The molecule has 1 heterocycles. The first-order valence-corrected chi connectivity index (χ1v) is 9.77. The van der Waals surface area contributed by atoms with Gasteiger partial charge in [0.25, 0.3) is 0 Å². The summed E-state index contributed by atoms with van der Waals surface area (Å²) < 4.78 is 38.6. The van der Waals surface area contributed by atoms with Gasteiger partial charge < -0.3 is 0 Å². The van der Waals surface area contributed by atoms with Crippen LogP contribution in [0.1, 0.15) is 32.3 Å². The number of fused-ring (bicyclic) bond motifs is 1. The maximum Gasteiger partial charge on any atom is 0.164 e. The lowest BCUT2D eigenvalue weighted by molar-refractivity contribution is -1.91. The quantitative estimate of drug-likeness (QED) is 0.729. The van der Waals surface area contributed by atoms with Crippen LogP contribution in [0.5, 0.6) is 0 Å². The Hall–Kier alpha value is -1.28. The standard InChI is InChI=1S/C17H17ClO5S/c1-17(2)10-14(19)13-8-9-15(12-6-4-3-5-7-12)24(16(13)11-17)23-18(20,21)22/h3-9H,10-11H2,1-2H3. The summed E-state index contributed by atoms with van der Waals surface area (Å²) in [6.45, 7) is 3.89. The number of Topliss-reactive ketones (excluding diaryl/α,β-unsaturated/α-hetero) is 1. The molecule has 1 unspecified atom stereocenters. The summed E-state index contributed by atoms with van der Waals surface area (Å²) in [6.07, 6.45) is 4.27. The topological polar surface area (TPSA) is 95.5 Å². The van der Waals surface area contributed by atoms with Crippen LogP contribution >= 0.6 is 10.8 Å². The Morgan fingerprint density at radius 2 is 1.75 bits per heavy atom. The molecule has 1 atom stereocenters. The third-order valence-corrected chi connectivity index (χ3v) is 6.61. The van der Waals surface area contributed by atoms with E-state index in [9.17, 15) is 18.8 Å². The molecule has 5 nitrogen and oxygen atoms in total. The molecule has 0 spiro atoms. The van der Waals surface area contributed by atoms with Crippen molar-refractivity contribution in [3.8, 4) is 0 Å². The number of benzene rings is 1. The Labute approximate surface area is 145 Å². The van der Waals surface area contributed by atoms with Crippen molar-refractivity contribution in [1.29, 1.82) is 0 Å². The van der Waals surface area contributed by atoms with E-state index in [0.29, 0.717) is 28.2 Å². The molecule has 0 saturated heterocycles. The Bertz CT molecular complexity index is 772. The fraction of sp³-hybridized carbons (Fsp3) is 0.294. The van der Waals surface area contributed by atoms with Gasteiger partial charge in [-0.15, -0.1) is 0 Å². The second-order valence-corrected chi connectivity index (χ2v) is 9.28. The second-order valence-electron chi connectivity index (χ2n) is 6.55. The van der Waals surface area contributed by atoms with E-state index in [4.69, 9.17) is 3.74 Å². The molecule has 1 aliphatic carbocycles. The Morgan fingerprint density at radius 3 is 2.38 bits per heavy atom. The summed E-state index contributed by atoms with van der Waals surface area (Å²) in [4.78, 5) is 13.6. The van der Waals surface area contributed by atoms with Crippen molar-refractivity contribution in [3.63, 3.8) is 0 Å². The largest absolute Gasteiger partial charge is 0.294 e. The zero-order valence-electron chi connectivity index (χ0n) is 13.3. The van der Waals surface area contributed by atoms with Gasteiger partial charge in [0, 0.05) is 16.9 Å². The zero-order valence-corrected chi connectivity index (χ0v) is 14.9. The summed E-state index contributed by atoms with van der Waals surface area (Å²) in [6, 6.07) is 9.12. The first-order chi connectivity index (χ1) is 11.2. The number of carbonyl (C=O) groups is 1. The molecule has 24 heavy (non-hydrogen) atoms. The van der Waals surface area contributed by atoms with Crippen LogP contribution in [0.4, 0.5) is 0 Å². The van der Waals surface area contributed by atoms with Gasteiger partial charge >= 0.3 is 0 Å². The molecule has 1 aromatic rings. The van der Waals surface area contributed by atoms with Crippen LogP contribution in [-0.2, 0) is 8.53 Å². The van der Waals surface area contributed by atoms with E-state index in [1.165, 1.54) is 0 Å². The first-order valence-electron chi connectivity index (χ1n) is 7.38. The molecule has 0 N–H and O–H groups in total. The normalized spacial score (nSPS) is 23.5. The van der Waals surface area contributed by atoms with Crippen LogP contribution in [0.15, 0.2) is 48.1 Å². The number of halogens is 1. The predicted molar refractivity (Wildman–Crippen MR) is 84.2 cm³/mol. The summed E-state index contributed by atoms with van der Waals surface area (Å²) in [5.74, 6) is -0.0503. The van der Waals surface area contributed by atoms with E-state index < -0.39 is 21.0 Å². The van der Waals surface area contributed by atoms with E-state index in [0.717, 1.165) is 5.56 Å². The zero-order chi connectivity index (χ0) is 17.5. The lowest BCUT2D eigenvalue weighted by atomic mass is 9.74. The minimum atomic E-state index is -4.61. The fourth-order valence-corrected chi connectivity index (χ4v) is 5.84. The highest BCUT2D eigenvalue weighted by atomic mass is 35.7. The Morgan fingerprint density at radius 1 is 1.08 bits per heavy atom. The SMILES string of the molecule is CC1(C)CC(=O)C2=CC=C(c3ccccc3)S(O[Cl+3]([O-])([O-])[O-])=C2C1. The highest BCUT2D eigenvalue weighted by Gasteiger charge is 2.40. The van der Waals surface area contributed by atoms with Crippen molar-refractivity contribution in [2.45, 2.75) is 26.7 Å². The number of hydrogen-bond donors (Lipinski definition) is 0. The van der Waals surface area contributed by atoms with Gasteiger partial charge in [-0.25, -0.2) is 0 Å². The van der Waals surface area contributed by atoms with Crippen molar-refractivity contribution < 1.29 is 32.8 Å². The van der Waals surface area contributed by atoms with Crippen molar-refractivity contribution >= 4 is 26.3 Å². The minimum absolute atomic E-state index is 0.0503. The summed E-state index contributed by atoms with van der Waals surface area (Å²) in [5, 5.41) is 0. The van der Waals surface area contributed by atoms with Gasteiger partial charge in [-0.3, -0.25) is 4.79 Å². The second kappa shape index (κ2) is 6.22. The molecule has 0 amide bonds. The van der Waals surface area contributed by atoms with Crippen LogP contribution in [0.25, 0.3) is 4.91 Å². The van der Waals surface area contributed by atoms with Crippen LogP contribution < -0.4 is 14.0 Å². The third kappa shape index (κ3) is 3.69. The summed E-state index contributed by atoms with van der Waals surface area (Å²) >= 11 is 0. The summed E-state index contributed by atoms with van der Waals surface area (Å²) in [5.41, 5.74) is 0.926. The Kier molecular flexibility index (Phi) is 4.55. The fourth-order valence-electron chi connectivity index (χ4n) is 2.94. The average Bonchev–Trinajstić information content (AvgIpc) is 2.46. The summed E-state index contributed by atoms with van der Waals surface area (Å²) in [7, 11) is -6.02. The molecular weight excluding hydrogens is 352 g/mol. The number of allylic oxidation sites excluding steroid dienone is 3. The highest BCUT2D eigenvalue weighted by Crippen LogP contribution is 2.47. The van der Waals surface area contributed by atoms with E-state index in [1.807, 2.05) is 44.2 Å². The van der Waals surface area contributed by atoms with Crippen LogP contribution in [-0.4, -0.2) is 10.6 Å². The minimum Gasteiger partial charge on any atom is -0.294 e. The average molecular weight is 369 g/mol. The molecule has 1 aromatic carbocycles. The van der Waals surface area contributed by atoms with Gasteiger partial charge in [0.15, 0.2) is 5.78 Å². The molecule has 1 saturated carbocycles. The van der Waals surface area contributed by atoms with Crippen LogP contribution in [0.3, 0.4) is 0 Å².